The van der Waals surface area contributed by atoms with Crippen LogP contribution in [0.5, 0.6) is 0 Å². The number of carbonyl (C=O) groups is 1. The van der Waals surface area contributed by atoms with Gasteiger partial charge in [0.15, 0.2) is 0 Å². The lowest BCUT2D eigenvalue weighted by atomic mass is 10.1. The van der Waals surface area contributed by atoms with Crippen molar-refractivity contribution >= 4 is 5.91 Å². The fraction of sp³-hybridized carbons (Fsp3) is 0.500. The molecular weight excluding hydrogens is 217 g/mol. The van der Waals surface area contributed by atoms with Crippen LogP contribution in [0.3, 0.4) is 0 Å². The molecule has 0 unspecified atom stereocenters. The number of hydrogen-bond donors (Lipinski definition) is 1. The van der Waals surface area contributed by atoms with Crippen LogP contribution in [0.1, 0.15) is 31.2 Å². The van der Waals surface area contributed by atoms with Gasteiger partial charge < -0.3 is 5.32 Å². The topological polar surface area (TPSA) is 29.1 Å². The van der Waals surface area contributed by atoms with Gasteiger partial charge in [-0.1, -0.05) is 19.1 Å². The summed E-state index contributed by atoms with van der Waals surface area (Å²) in [6.45, 7) is 2.10. The van der Waals surface area contributed by atoms with Crippen molar-refractivity contribution in [1.29, 1.82) is 0 Å². The molecule has 2 aliphatic carbocycles. The highest BCUT2D eigenvalue weighted by molar-refractivity contribution is 5.82. The third kappa shape index (κ3) is 2.19. The highest BCUT2D eigenvalue weighted by atomic mass is 19.1. The van der Waals surface area contributed by atoms with E-state index in [1.807, 2.05) is 6.07 Å². The van der Waals surface area contributed by atoms with E-state index in [1.165, 1.54) is 6.07 Å². The van der Waals surface area contributed by atoms with Gasteiger partial charge in [0, 0.05) is 17.9 Å². The molecule has 1 amide bonds. The minimum Gasteiger partial charge on any atom is -0.352 e. The zero-order valence-electron chi connectivity index (χ0n) is 9.82. The molecule has 4 atom stereocenters. The van der Waals surface area contributed by atoms with E-state index in [0.717, 1.165) is 18.4 Å². The van der Waals surface area contributed by atoms with E-state index >= 15 is 0 Å². The first-order valence-electron chi connectivity index (χ1n) is 6.21. The highest BCUT2D eigenvalue weighted by Crippen LogP contribution is 2.43. The minimum atomic E-state index is -0.199. The first-order valence-corrected chi connectivity index (χ1v) is 6.21. The average Bonchev–Trinajstić information content (AvgIpc) is 3.16. The van der Waals surface area contributed by atoms with Crippen LogP contribution in [0.2, 0.25) is 0 Å². The van der Waals surface area contributed by atoms with Crippen LogP contribution in [0.15, 0.2) is 24.3 Å². The van der Waals surface area contributed by atoms with Gasteiger partial charge in [-0.2, -0.15) is 0 Å². The molecule has 2 fully saturated rings. The smallest absolute Gasteiger partial charge is 0.223 e. The molecule has 2 aliphatic rings. The van der Waals surface area contributed by atoms with Gasteiger partial charge in [0.05, 0.1) is 0 Å². The molecule has 0 saturated heterocycles. The van der Waals surface area contributed by atoms with E-state index in [2.05, 4.69) is 12.2 Å². The summed E-state index contributed by atoms with van der Waals surface area (Å²) in [5.74, 6) is 1.06. The second-order valence-corrected chi connectivity index (χ2v) is 5.33. The Hall–Kier alpha value is -1.38. The van der Waals surface area contributed by atoms with Gasteiger partial charge >= 0.3 is 0 Å². The Labute approximate surface area is 100 Å². The van der Waals surface area contributed by atoms with E-state index in [9.17, 15) is 9.18 Å². The second kappa shape index (κ2) is 3.83. The van der Waals surface area contributed by atoms with Gasteiger partial charge in [0.1, 0.15) is 5.82 Å². The Morgan fingerprint density at radius 2 is 2.18 bits per heavy atom. The summed E-state index contributed by atoms with van der Waals surface area (Å²) >= 11 is 0. The molecule has 3 rings (SSSR count). The molecule has 0 aliphatic heterocycles. The summed E-state index contributed by atoms with van der Waals surface area (Å²) in [7, 11) is 0. The number of hydrogen-bond acceptors (Lipinski definition) is 1. The summed E-state index contributed by atoms with van der Waals surface area (Å²) in [5.41, 5.74) is 0.999. The Kier molecular flexibility index (Phi) is 2.42. The lowest BCUT2D eigenvalue weighted by Crippen LogP contribution is -2.28. The van der Waals surface area contributed by atoms with Crippen molar-refractivity contribution < 1.29 is 9.18 Å². The molecular formula is C14H16FNO. The van der Waals surface area contributed by atoms with E-state index in [0.29, 0.717) is 11.8 Å². The van der Waals surface area contributed by atoms with Gasteiger partial charge in [0.25, 0.3) is 0 Å². The quantitative estimate of drug-likeness (QED) is 0.853. The Balaban J connectivity index is 1.58. The third-order valence-corrected chi connectivity index (χ3v) is 3.84. The summed E-state index contributed by atoms with van der Waals surface area (Å²) in [4.78, 5) is 11.7. The fourth-order valence-electron chi connectivity index (χ4n) is 2.44. The SMILES string of the molecule is C[C@@H]1C[C@@H]1C(=O)N[C@H]1C[C@@H]1c1cccc(F)c1. The van der Waals surface area contributed by atoms with Crippen molar-refractivity contribution in [2.24, 2.45) is 11.8 Å². The van der Waals surface area contributed by atoms with Crippen LogP contribution >= 0.6 is 0 Å². The van der Waals surface area contributed by atoms with Crippen LogP contribution in [-0.2, 0) is 4.79 Å². The van der Waals surface area contributed by atoms with Gasteiger partial charge in [-0.3, -0.25) is 4.79 Å². The zero-order valence-corrected chi connectivity index (χ0v) is 9.82. The maximum absolute atomic E-state index is 13.0. The molecule has 1 aromatic rings. The predicted octanol–water partition coefficient (Wildman–Crippen LogP) is 2.45. The standard InChI is InChI=1S/C14H16FNO/c1-8-5-11(8)14(17)16-13-7-12(13)9-3-2-4-10(15)6-9/h2-4,6,8,11-13H,5,7H2,1H3,(H,16,17)/t8-,11+,12-,13+/m1/s1. The second-order valence-electron chi connectivity index (χ2n) is 5.33. The molecule has 17 heavy (non-hydrogen) atoms. The Morgan fingerprint density at radius 1 is 1.41 bits per heavy atom. The highest BCUT2D eigenvalue weighted by Gasteiger charge is 2.44. The van der Waals surface area contributed by atoms with Crippen LogP contribution in [0.25, 0.3) is 0 Å². The molecule has 0 aromatic heterocycles. The third-order valence-electron chi connectivity index (χ3n) is 3.84. The predicted molar refractivity (Wildman–Crippen MR) is 63.0 cm³/mol. The largest absolute Gasteiger partial charge is 0.352 e. The fourth-order valence-corrected chi connectivity index (χ4v) is 2.44. The molecule has 1 aromatic carbocycles. The molecule has 2 saturated carbocycles. The molecule has 2 nitrogen and oxygen atoms in total. The van der Waals surface area contributed by atoms with Crippen molar-refractivity contribution in [3.63, 3.8) is 0 Å². The summed E-state index contributed by atoms with van der Waals surface area (Å²) in [6, 6.07) is 6.89. The van der Waals surface area contributed by atoms with Gasteiger partial charge in [-0.25, -0.2) is 4.39 Å². The number of amides is 1. The molecule has 0 radical (unpaired) electrons. The van der Waals surface area contributed by atoms with Crippen LogP contribution in [-0.4, -0.2) is 11.9 Å². The van der Waals surface area contributed by atoms with Gasteiger partial charge in [0.2, 0.25) is 5.91 Å². The molecule has 3 heteroatoms. The maximum atomic E-state index is 13.0. The number of rotatable bonds is 3. The first kappa shape index (κ1) is 10.8. The molecule has 90 valence electrons. The van der Waals surface area contributed by atoms with Crippen molar-refractivity contribution in [2.45, 2.75) is 31.7 Å². The van der Waals surface area contributed by atoms with Gasteiger partial charge in [-0.15, -0.1) is 0 Å². The van der Waals surface area contributed by atoms with Crippen LogP contribution in [0.4, 0.5) is 4.39 Å². The normalized spacial score (nSPS) is 34.2. The lowest BCUT2D eigenvalue weighted by molar-refractivity contribution is -0.122. The Morgan fingerprint density at radius 3 is 2.82 bits per heavy atom. The van der Waals surface area contributed by atoms with Crippen LogP contribution in [0, 0.1) is 17.7 Å². The maximum Gasteiger partial charge on any atom is 0.223 e. The van der Waals surface area contributed by atoms with Crippen molar-refractivity contribution in [2.75, 3.05) is 0 Å². The molecule has 0 spiro atoms. The molecule has 0 heterocycles. The molecule has 1 N–H and O–H groups in total. The summed E-state index contributed by atoms with van der Waals surface area (Å²) in [6.07, 6.45) is 1.96. The van der Waals surface area contributed by atoms with E-state index in [1.54, 1.807) is 12.1 Å². The zero-order chi connectivity index (χ0) is 12.0. The van der Waals surface area contributed by atoms with Crippen molar-refractivity contribution in [1.82, 2.24) is 5.32 Å². The number of carbonyl (C=O) groups excluding carboxylic acids is 1. The summed E-state index contributed by atoms with van der Waals surface area (Å²) < 4.78 is 13.0. The first-order chi connectivity index (χ1) is 8.15. The average molecular weight is 233 g/mol. The number of benzene rings is 1. The van der Waals surface area contributed by atoms with E-state index in [-0.39, 0.29) is 23.7 Å². The monoisotopic (exact) mass is 233 g/mol. The summed E-state index contributed by atoms with van der Waals surface area (Å²) in [5, 5.41) is 3.05. The number of halogens is 1. The lowest BCUT2D eigenvalue weighted by Gasteiger charge is -2.04. The van der Waals surface area contributed by atoms with Crippen molar-refractivity contribution in [3.8, 4) is 0 Å². The minimum absolute atomic E-state index is 0.182. The van der Waals surface area contributed by atoms with Crippen molar-refractivity contribution in [3.05, 3.63) is 35.6 Å². The van der Waals surface area contributed by atoms with Crippen LogP contribution < -0.4 is 5.32 Å². The number of nitrogens with one attached hydrogen (secondary N) is 1. The van der Waals surface area contributed by atoms with Gasteiger partial charge in [-0.05, 0) is 36.5 Å². The van der Waals surface area contributed by atoms with E-state index in [4.69, 9.17) is 0 Å². The molecule has 0 bridgehead atoms. The van der Waals surface area contributed by atoms with E-state index < -0.39 is 0 Å². The Bertz CT molecular complexity index is 459.